The molecule has 0 spiro atoms. The van der Waals surface area contributed by atoms with E-state index in [1.807, 2.05) is 0 Å². The average molecular weight is 239 g/mol. The van der Waals surface area contributed by atoms with Gasteiger partial charge in [0, 0.05) is 18.0 Å². The third-order valence-electron chi connectivity index (χ3n) is 4.37. The van der Waals surface area contributed by atoms with Gasteiger partial charge in [0.05, 0.1) is 0 Å². The van der Waals surface area contributed by atoms with Gasteiger partial charge in [-0.3, -0.25) is 4.79 Å². The molecule has 3 atom stereocenters. The lowest BCUT2D eigenvalue weighted by Gasteiger charge is -2.38. The van der Waals surface area contributed by atoms with Crippen LogP contribution in [0, 0.1) is 17.8 Å². The van der Waals surface area contributed by atoms with E-state index in [1.165, 1.54) is 19.3 Å². The first-order valence-corrected chi connectivity index (χ1v) is 7.18. The number of carbonyl (C=O) groups excluding carboxylic acids is 1. The maximum absolute atomic E-state index is 12.6. The van der Waals surface area contributed by atoms with Crippen LogP contribution in [0.1, 0.15) is 60.8 Å². The Hall–Kier alpha value is -0.530. The smallest absolute Gasteiger partial charge is 0.226 e. The van der Waals surface area contributed by atoms with Crippen molar-refractivity contribution in [3.8, 4) is 0 Å². The highest BCUT2D eigenvalue weighted by molar-refractivity contribution is 5.79. The fourth-order valence-corrected chi connectivity index (χ4v) is 2.86. The largest absolute Gasteiger partial charge is 0.337 e. The highest BCUT2D eigenvalue weighted by atomic mass is 16.2. The summed E-state index contributed by atoms with van der Waals surface area (Å²) in [5.41, 5.74) is 0. The lowest BCUT2D eigenvalue weighted by Crippen LogP contribution is -2.49. The summed E-state index contributed by atoms with van der Waals surface area (Å²) in [6, 6.07) is 0.804. The minimum atomic E-state index is 0.144. The minimum Gasteiger partial charge on any atom is -0.337 e. The summed E-state index contributed by atoms with van der Waals surface area (Å²) < 4.78 is 0. The molecule has 0 radical (unpaired) electrons. The van der Waals surface area contributed by atoms with Gasteiger partial charge < -0.3 is 4.90 Å². The van der Waals surface area contributed by atoms with Gasteiger partial charge in [0.25, 0.3) is 0 Å². The first-order chi connectivity index (χ1) is 7.86. The first-order valence-electron chi connectivity index (χ1n) is 7.18. The van der Waals surface area contributed by atoms with Crippen molar-refractivity contribution in [2.45, 2.75) is 72.9 Å². The van der Waals surface area contributed by atoms with Crippen LogP contribution in [-0.2, 0) is 4.79 Å². The SMILES string of the molecule is CC(C)C(C)C(=O)N(C(C)C)C1CCCC1C. The molecule has 0 saturated heterocycles. The molecule has 0 N–H and O–H groups in total. The fraction of sp³-hybridized carbons (Fsp3) is 0.933. The van der Waals surface area contributed by atoms with Crippen LogP contribution in [0.2, 0.25) is 0 Å². The predicted molar refractivity (Wildman–Crippen MR) is 72.8 cm³/mol. The Morgan fingerprint density at radius 1 is 1.12 bits per heavy atom. The van der Waals surface area contributed by atoms with E-state index < -0.39 is 0 Å². The van der Waals surface area contributed by atoms with Crippen LogP contribution in [0.4, 0.5) is 0 Å². The summed E-state index contributed by atoms with van der Waals surface area (Å²) in [5, 5.41) is 0. The molecule has 1 fully saturated rings. The Bertz CT molecular complexity index is 260. The molecule has 1 saturated carbocycles. The van der Waals surface area contributed by atoms with Crippen LogP contribution in [0.15, 0.2) is 0 Å². The van der Waals surface area contributed by atoms with Crippen molar-refractivity contribution in [1.82, 2.24) is 4.90 Å². The topological polar surface area (TPSA) is 20.3 Å². The summed E-state index contributed by atoms with van der Waals surface area (Å²) in [6.07, 6.45) is 3.74. The lowest BCUT2D eigenvalue weighted by molar-refractivity contribution is -0.141. The van der Waals surface area contributed by atoms with Crippen molar-refractivity contribution in [3.63, 3.8) is 0 Å². The quantitative estimate of drug-likeness (QED) is 0.732. The lowest BCUT2D eigenvalue weighted by atomic mass is 9.93. The molecule has 0 heterocycles. The predicted octanol–water partition coefficient (Wildman–Crippen LogP) is 3.70. The molecule has 3 unspecified atom stereocenters. The molecule has 0 aliphatic heterocycles. The van der Waals surface area contributed by atoms with Crippen LogP contribution in [0.3, 0.4) is 0 Å². The molecular weight excluding hydrogens is 210 g/mol. The molecule has 17 heavy (non-hydrogen) atoms. The van der Waals surface area contributed by atoms with E-state index in [9.17, 15) is 4.79 Å². The Labute approximate surface area is 107 Å². The Morgan fingerprint density at radius 2 is 1.71 bits per heavy atom. The van der Waals surface area contributed by atoms with Gasteiger partial charge in [0.2, 0.25) is 5.91 Å². The Kier molecular flexibility index (Phi) is 5.03. The summed E-state index contributed by atoms with van der Waals surface area (Å²) in [6.45, 7) is 12.9. The van der Waals surface area contributed by atoms with E-state index >= 15 is 0 Å². The molecular formula is C15H29NO. The second kappa shape index (κ2) is 5.88. The maximum Gasteiger partial charge on any atom is 0.226 e. The van der Waals surface area contributed by atoms with Gasteiger partial charge in [-0.1, -0.05) is 34.1 Å². The number of rotatable bonds is 4. The number of carbonyl (C=O) groups is 1. The zero-order valence-electron chi connectivity index (χ0n) is 12.4. The highest BCUT2D eigenvalue weighted by Gasteiger charge is 2.35. The van der Waals surface area contributed by atoms with Gasteiger partial charge in [0.1, 0.15) is 0 Å². The standard InChI is InChI=1S/C15H29NO/c1-10(2)13(6)15(17)16(11(3)4)14-9-7-8-12(14)5/h10-14H,7-9H2,1-6H3. The molecule has 1 aliphatic rings. The Morgan fingerprint density at radius 3 is 2.06 bits per heavy atom. The molecule has 0 aromatic rings. The van der Waals surface area contributed by atoms with Crippen LogP contribution >= 0.6 is 0 Å². The fourth-order valence-electron chi connectivity index (χ4n) is 2.86. The van der Waals surface area contributed by atoms with E-state index in [4.69, 9.17) is 0 Å². The van der Waals surface area contributed by atoms with E-state index in [1.54, 1.807) is 0 Å². The summed E-state index contributed by atoms with van der Waals surface area (Å²) in [5.74, 6) is 1.60. The zero-order valence-corrected chi connectivity index (χ0v) is 12.4. The molecule has 100 valence electrons. The van der Waals surface area contributed by atoms with Crippen LogP contribution in [0.25, 0.3) is 0 Å². The first kappa shape index (κ1) is 14.5. The third-order valence-corrected chi connectivity index (χ3v) is 4.37. The number of hydrogen-bond donors (Lipinski definition) is 0. The monoisotopic (exact) mass is 239 g/mol. The molecule has 0 aromatic heterocycles. The summed E-state index contributed by atoms with van der Waals surface area (Å²) in [7, 11) is 0. The van der Waals surface area contributed by atoms with Gasteiger partial charge in [-0.2, -0.15) is 0 Å². The van der Waals surface area contributed by atoms with Crippen molar-refractivity contribution in [3.05, 3.63) is 0 Å². The summed E-state index contributed by atoms with van der Waals surface area (Å²) >= 11 is 0. The summed E-state index contributed by atoms with van der Waals surface area (Å²) in [4.78, 5) is 14.8. The van der Waals surface area contributed by atoms with E-state index in [0.717, 1.165) is 0 Å². The second-order valence-corrected chi connectivity index (χ2v) is 6.35. The van der Waals surface area contributed by atoms with Crippen molar-refractivity contribution < 1.29 is 4.79 Å². The third kappa shape index (κ3) is 3.23. The average Bonchev–Trinajstić information content (AvgIpc) is 2.63. The molecule has 1 rings (SSSR count). The molecule has 2 nitrogen and oxygen atoms in total. The van der Waals surface area contributed by atoms with Crippen LogP contribution in [0.5, 0.6) is 0 Å². The number of nitrogens with zero attached hydrogens (tertiary/aromatic N) is 1. The van der Waals surface area contributed by atoms with Crippen molar-refractivity contribution in [2.24, 2.45) is 17.8 Å². The van der Waals surface area contributed by atoms with Crippen LogP contribution < -0.4 is 0 Å². The number of amides is 1. The van der Waals surface area contributed by atoms with E-state index in [-0.39, 0.29) is 5.92 Å². The van der Waals surface area contributed by atoms with E-state index in [0.29, 0.717) is 29.8 Å². The number of hydrogen-bond acceptors (Lipinski definition) is 1. The van der Waals surface area contributed by atoms with Gasteiger partial charge in [0.15, 0.2) is 0 Å². The van der Waals surface area contributed by atoms with Gasteiger partial charge in [-0.05, 0) is 38.5 Å². The zero-order chi connectivity index (χ0) is 13.2. The normalized spacial score (nSPS) is 26.6. The van der Waals surface area contributed by atoms with Gasteiger partial charge >= 0.3 is 0 Å². The maximum atomic E-state index is 12.6. The van der Waals surface area contributed by atoms with Crippen molar-refractivity contribution in [1.29, 1.82) is 0 Å². The van der Waals surface area contributed by atoms with Crippen molar-refractivity contribution in [2.75, 3.05) is 0 Å². The van der Waals surface area contributed by atoms with Crippen LogP contribution in [-0.4, -0.2) is 22.9 Å². The van der Waals surface area contributed by atoms with Gasteiger partial charge in [-0.15, -0.1) is 0 Å². The Balaban J connectivity index is 2.82. The minimum absolute atomic E-state index is 0.144. The molecule has 0 aromatic carbocycles. The molecule has 1 amide bonds. The molecule has 1 aliphatic carbocycles. The van der Waals surface area contributed by atoms with Crippen molar-refractivity contribution >= 4 is 5.91 Å². The van der Waals surface area contributed by atoms with E-state index in [2.05, 4.69) is 46.4 Å². The second-order valence-electron chi connectivity index (χ2n) is 6.35. The molecule has 2 heteroatoms. The highest BCUT2D eigenvalue weighted by Crippen LogP contribution is 2.32. The molecule has 0 bridgehead atoms. The van der Waals surface area contributed by atoms with Gasteiger partial charge in [-0.25, -0.2) is 0 Å².